The Kier molecular flexibility index (Phi) is 6.20. The fourth-order valence-electron chi connectivity index (χ4n) is 2.38. The minimum absolute atomic E-state index is 0.184. The summed E-state index contributed by atoms with van der Waals surface area (Å²) in [6, 6.07) is 11.9. The van der Waals surface area contributed by atoms with E-state index >= 15 is 0 Å². The number of hydrogen-bond acceptors (Lipinski definition) is 5. The Balaban J connectivity index is 1.55. The van der Waals surface area contributed by atoms with E-state index in [1.165, 1.54) is 11.8 Å². The summed E-state index contributed by atoms with van der Waals surface area (Å²) in [5, 5.41) is 3.31. The number of carbonyl (C=O) groups excluding carboxylic acids is 1. The average Bonchev–Trinajstić information content (AvgIpc) is 2.62. The lowest BCUT2D eigenvalue weighted by Gasteiger charge is -2.09. The normalized spacial score (nSPS) is 10.6. The molecule has 0 spiro atoms. The number of nitrogens with one attached hydrogen (secondary N) is 1. The minimum atomic E-state index is -0.859. The monoisotopic (exact) mass is 401 g/mol. The third-order valence-electron chi connectivity index (χ3n) is 3.56. The number of nitrogens with zero attached hydrogens (tertiary/aromatic N) is 2. The van der Waals surface area contributed by atoms with Crippen LogP contribution >= 0.6 is 11.8 Å². The Labute approximate surface area is 165 Å². The molecule has 8 heteroatoms. The van der Waals surface area contributed by atoms with Crippen molar-refractivity contribution in [2.75, 3.05) is 11.9 Å². The summed E-state index contributed by atoms with van der Waals surface area (Å²) < 4.78 is 31.4. The fourth-order valence-corrected chi connectivity index (χ4v) is 3.25. The van der Waals surface area contributed by atoms with Gasteiger partial charge in [0.05, 0.1) is 0 Å². The first kappa shape index (κ1) is 19.8. The number of rotatable bonds is 6. The molecule has 1 heterocycles. The van der Waals surface area contributed by atoms with Crippen molar-refractivity contribution in [2.24, 2.45) is 0 Å². The molecule has 0 bridgehead atoms. The molecule has 3 rings (SSSR count). The number of benzene rings is 2. The third-order valence-corrected chi connectivity index (χ3v) is 4.43. The van der Waals surface area contributed by atoms with E-state index in [0.29, 0.717) is 16.9 Å². The first-order valence-corrected chi connectivity index (χ1v) is 9.18. The molecular formula is C20H17F2N3O2S. The van der Waals surface area contributed by atoms with Gasteiger partial charge in [0, 0.05) is 28.0 Å². The van der Waals surface area contributed by atoms with Crippen molar-refractivity contribution in [1.29, 1.82) is 0 Å². The van der Waals surface area contributed by atoms with Crippen LogP contribution in [0.4, 0.5) is 14.5 Å². The number of ether oxygens (including phenoxy) is 1. The van der Waals surface area contributed by atoms with Crippen LogP contribution in [0.1, 0.15) is 11.4 Å². The largest absolute Gasteiger partial charge is 0.481 e. The highest BCUT2D eigenvalue weighted by atomic mass is 32.2. The molecule has 0 aliphatic rings. The van der Waals surface area contributed by atoms with Gasteiger partial charge in [0.25, 0.3) is 5.91 Å². The molecule has 0 aliphatic heterocycles. The SMILES string of the molecule is Cc1cc(C)nc(Sc2ccc(NC(=O)COc3ccc(F)cc3F)cc2)n1. The molecule has 1 N–H and O–H groups in total. The van der Waals surface area contributed by atoms with Gasteiger partial charge in [-0.15, -0.1) is 0 Å². The maximum absolute atomic E-state index is 13.5. The number of aryl methyl sites for hydroxylation is 2. The molecule has 0 saturated heterocycles. The van der Waals surface area contributed by atoms with E-state index in [9.17, 15) is 13.6 Å². The molecule has 144 valence electrons. The summed E-state index contributed by atoms with van der Waals surface area (Å²) in [6.07, 6.45) is 0. The predicted molar refractivity (Wildman–Crippen MR) is 103 cm³/mol. The molecule has 3 aromatic rings. The van der Waals surface area contributed by atoms with Crippen molar-refractivity contribution < 1.29 is 18.3 Å². The molecule has 2 aromatic carbocycles. The van der Waals surface area contributed by atoms with Crippen molar-refractivity contribution in [3.63, 3.8) is 0 Å². The minimum Gasteiger partial charge on any atom is -0.481 e. The number of hydrogen-bond donors (Lipinski definition) is 1. The first-order chi connectivity index (χ1) is 13.4. The molecule has 0 saturated carbocycles. The van der Waals surface area contributed by atoms with E-state index in [-0.39, 0.29) is 5.75 Å². The molecule has 0 atom stereocenters. The van der Waals surface area contributed by atoms with Gasteiger partial charge >= 0.3 is 0 Å². The van der Waals surface area contributed by atoms with Crippen molar-refractivity contribution in [1.82, 2.24) is 9.97 Å². The zero-order valence-corrected chi connectivity index (χ0v) is 16.0. The third kappa shape index (κ3) is 5.50. The summed E-state index contributed by atoms with van der Waals surface area (Å²) in [7, 11) is 0. The van der Waals surface area contributed by atoms with E-state index in [0.717, 1.165) is 28.4 Å². The molecule has 1 amide bonds. The van der Waals surface area contributed by atoms with Crippen LogP contribution < -0.4 is 10.1 Å². The fraction of sp³-hybridized carbons (Fsp3) is 0.150. The number of carbonyl (C=O) groups is 1. The predicted octanol–water partition coefficient (Wildman–Crippen LogP) is 4.54. The molecule has 1 aromatic heterocycles. The van der Waals surface area contributed by atoms with Crippen LogP contribution in [-0.2, 0) is 4.79 Å². The van der Waals surface area contributed by atoms with Crippen molar-refractivity contribution in [3.8, 4) is 5.75 Å². The average molecular weight is 401 g/mol. The standard InChI is InChI=1S/C20H17F2N3O2S/c1-12-9-13(2)24-20(23-12)28-16-6-4-15(5-7-16)25-19(26)11-27-18-8-3-14(21)10-17(18)22/h3-10H,11H2,1-2H3,(H,25,26). The molecule has 5 nitrogen and oxygen atoms in total. The highest BCUT2D eigenvalue weighted by Gasteiger charge is 2.09. The summed E-state index contributed by atoms with van der Waals surface area (Å²) in [5.41, 5.74) is 2.37. The highest BCUT2D eigenvalue weighted by molar-refractivity contribution is 7.99. The van der Waals surface area contributed by atoms with Crippen molar-refractivity contribution in [2.45, 2.75) is 23.9 Å². The molecule has 0 aliphatic carbocycles. The van der Waals surface area contributed by atoms with E-state index in [4.69, 9.17) is 4.74 Å². The quantitative estimate of drug-likeness (QED) is 0.615. The first-order valence-electron chi connectivity index (χ1n) is 8.37. The van der Waals surface area contributed by atoms with Crippen LogP contribution in [-0.4, -0.2) is 22.5 Å². The van der Waals surface area contributed by atoms with Crippen LogP contribution in [0.15, 0.2) is 58.6 Å². The maximum atomic E-state index is 13.5. The van der Waals surface area contributed by atoms with Gasteiger partial charge in [0.1, 0.15) is 5.82 Å². The van der Waals surface area contributed by atoms with Crippen LogP contribution in [0.3, 0.4) is 0 Å². The van der Waals surface area contributed by atoms with Gasteiger partial charge in [-0.25, -0.2) is 18.7 Å². The van der Waals surface area contributed by atoms with Crippen LogP contribution in [0.25, 0.3) is 0 Å². The lowest BCUT2D eigenvalue weighted by molar-refractivity contribution is -0.118. The van der Waals surface area contributed by atoms with Gasteiger partial charge in [-0.1, -0.05) is 0 Å². The van der Waals surface area contributed by atoms with Crippen LogP contribution in [0.2, 0.25) is 0 Å². The molecular weight excluding hydrogens is 384 g/mol. The molecule has 0 fully saturated rings. The molecule has 0 radical (unpaired) electrons. The Bertz CT molecular complexity index is 977. The smallest absolute Gasteiger partial charge is 0.262 e. The second-order valence-corrected chi connectivity index (χ2v) is 7.01. The second kappa shape index (κ2) is 8.79. The van der Waals surface area contributed by atoms with Gasteiger partial charge in [-0.05, 0) is 68.1 Å². The molecule has 0 unspecified atom stereocenters. The number of halogens is 2. The van der Waals surface area contributed by atoms with Gasteiger partial charge in [0.15, 0.2) is 23.3 Å². The van der Waals surface area contributed by atoms with Gasteiger partial charge < -0.3 is 10.1 Å². The van der Waals surface area contributed by atoms with Crippen LogP contribution in [0, 0.1) is 25.5 Å². The number of amides is 1. The maximum Gasteiger partial charge on any atom is 0.262 e. The topological polar surface area (TPSA) is 64.1 Å². The molecule has 28 heavy (non-hydrogen) atoms. The van der Waals surface area contributed by atoms with E-state index < -0.39 is 24.1 Å². The van der Waals surface area contributed by atoms with E-state index in [2.05, 4.69) is 15.3 Å². The summed E-state index contributed by atoms with van der Waals surface area (Å²) in [6.45, 7) is 3.43. The second-order valence-electron chi connectivity index (χ2n) is 5.97. The Hall–Kier alpha value is -3.00. The number of anilines is 1. The van der Waals surface area contributed by atoms with Crippen molar-refractivity contribution in [3.05, 3.63) is 71.6 Å². The summed E-state index contributed by atoms with van der Waals surface area (Å²) in [5.74, 6) is -2.21. The van der Waals surface area contributed by atoms with Crippen molar-refractivity contribution >= 4 is 23.4 Å². The zero-order chi connectivity index (χ0) is 20.1. The highest BCUT2D eigenvalue weighted by Crippen LogP contribution is 2.26. The Morgan fingerprint density at radius 2 is 1.71 bits per heavy atom. The van der Waals surface area contributed by atoms with Gasteiger partial charge in [-0.2, -0.15) is 0 Å². The summed E-state index contributed by atoms with van der Waals surface area (Å²) in [4.78, 5) is 21.6. The number of aromatic nitrogens is 2. The van der Waals surface area contributed by atoms with Crippen LogP contribution in [0.5, 0.6) is 5.75 Å². The van der Waals surface area contributed by atoms with E-state index in [1.54, 1.807) is 12.1 Å². The Morgan fingerprint density at radius 3 is 2.36 bits per heavy atom. The zero-order valence-electron chi connectivity index (χ0n) is 15.2. The van der Waals surface area contributed by atoms with Gasteiger partial charge in [0.2, 0.25) is 0 Å². The Morgan fingerprint density at radius 1 is 1.04 bits per heavy atom. The lowest BCUT2D eigenvalue weighted by atomic mass is 10.3. The lowest BCUT2D eigenvalue weighted by Crippen LogP contribution is -2.20. The van der Waals surface area contributed by atoms with Gasteiger partial charge in [-0.3, -0.25) is 4.79 Å². The van der Waals surface area contributed by atoms with E-state index in [1.807, 2.05) is 32.0 Å². The summed E-state index contributed by atoms with van der Waals surface area (Å²) >= 11 is 1.42.